The van der Waals surface area contributed by atoms with Crippen molar-refractivity contribution in [3.05, 3.63) is 52.5 Å². The molecule has 0 radical (unpaired) electrons. The molecule has 3 aromatic heterocycles. The fourth-order valence-electron chi connectivity index (χ4n) is 2.31. The topological polar surface area (TPSA) is 87.2 Å². The summed E-state index contributed by atoms with van der Waals surface area (Å²) in [6, 6.07) is 9.87. The molecular formula is C15H12N6O2S. The molecule has 0 amide bonds. The molecule has 4 rings (SSSR count). The summed E-state index contributed by atoms with van der Waals surface area (Å²) in [4.78, 5) is 21.2. The number of ether oxygens (including phenoxy) is 1. The smallest absolute Gasteiger partial charge is 0.355 e. The highest BCUT2D eigenvalue weighted by molar-refractivity contribution is 7.13. The third-order valence-electron chi connectivity index (χ3n) is 3.44. The molecule has 0 fully saturated rings. The van der Waals surface area contributed by atoms with Gasteiger partial charge in [-0.05, 0) is 0 Å². The van der Waals surface area contributed by atoms with E-state index >= 15 is 0 Å². The average molecular weight is 340 g/mol. The minimum Gasteiger partial charge on any atom is -0.362 e. The minimum absolute atomic E-state index is 0.0324. The van der Waals surface area contributed by atoms with Crippen molar-refractivity contribution in [3.63, 3.8) is 0 Å². The van der Waals surface area contributed by atoms with Crippen molar-refractivity contribution in [3.8, 4) is 22.0 Å². The van der Waals surface area contributed by atoms with E-state index in [1.165, 1.54) is 29.2 Å². The maximum absolute atomic E-state index is 12.3. The Morgan fingerprint density at radius 2 is 2.08 bits per heavy atom. The van der Waals surface area contributed by atoms with E-state index in [0.29, 0.717) is 16.3 Å². The Hall–Kier alpha value is -2.91. The molecule has 0 atom stereocenters. The van der Waals surface area contributed by atoms with Crippen LogP contribution in [-0.2, 0) is 11.5 Å². The molecule has 0 unspecified atom stereocenters. The number of nitrogens with zero attached hydrogens (tertiary/aromatic N) is 6. The Morgan fingerprint density at radius 3 is 2.88 bits per heavy atom. The first-order valence-electron chi connectivity index (χ1n) is 7.09. The van der Waals surface area contributed by atoms with Crippen LogP contribution in [0.25, 0.3) is 27.6 Å². The zero-order valence-electron chi connectivity index (χ0n) is 12.7. The summed E-state index contributed by atoms with van der Waals surface area (Å²) < 4.78 is 7.38. The van der Waals surface area contributed by atoms with Gasteiger partial charge in [-0.1, -0.05) is 35.5 Å². The molecule has 0 bridgehead atoms. The van der Waals surface area contributed by atoms with Gasteiger partial charge in [0.25, 0.3) is 0 Å². The molecular weight excluding hydrogens is 328 g/mol. The van der Waals surface area contributed by atoms with Gasteiger partial charge in [0.05, 0.1) is 5.69 Å². The van der Waals surface area contributed by atoms with Crippen LogP contribution in [0.15, 0.2) is 46.8 Å². The zero-order valence-corrected chi connectivity index (χ0v) is 13.5. The fraction of sp³-hybridized carbons (Fsp3) is 0.133. The van der Waals surface area contributed by atoms with Crippen molar-refractivity contribution in [2.45, 2.75) is 6.73 Å². The highest BCUT2D eigenvalue weighted by Gasteiger charge is 2.16. The van der Waals surface area contributed by atoms with Crippen LogP contribution in [0.4, 0.5) is 0 Å². The lowest BCUT2D eigenvalue weighted by molar-refractivity contribution is 0.111. The van der Waals surface area contributed by atoms with Crippen molar-refractivity contribution in [1.29, 1.82) is 0 Å². The molecule has 120 valence electrons. The lowest BCUT2D eigenvalue weighted by Gasteiger charge is -2.01. The molecule has 8 nitrogen and oxygen atoms in total. The third kappa shape index (κ3) is 2.39. The number of fused-ring (bicyclic) bond motifs is 1. The number of imidazole rings is 1. The molecule has 0 saturated carbocycles. The van der Waals surface area contributed by atoms with Gasteiger partial charge in [-0.2, -0.15) is 4.68 Å². The van der Waals surface area contributed by atoms with Gasteiger partial charge in [0.1, 0.15) is 23.8 Å². The van der Waals surface area contributed by atoms with Crippen LogP contribution < -0.4 is 5.69 Å². The first-order valence-corrected chi connectivity index (χ1v) is 7.97. The number of methoxy groups -OCH3 is 1. The van der Waals surface area contributed by atoms with Crippen LogP contribution >= 0.6 is 11.3 Å². The first kappa shape index (κ1) is 14.7. The van der Waals surface area contributed by atoms with Gasteiger partial charge in [-0.3, -0.25) is 0 Å². The van der Waals surface area contributed by atoms with Crippen molar-refractivity contribution in [2.24, 2.45) is 0 Å². The van der Waals surface area contributed by atoms with E-state index in [9.17, 15) is 4.79 Å². The van der Waals surface area contributed by atoms with Crippen LogP contribution in [0.1, 0.15) is 0 Å². The number of hydrogen-bond donors (Lipinski definition) is 0. The lowest BCUT2D eigenvalue weighted by atomic mass is 10.2. The molecule has 9 heteroatoms. The quantitative estimate of drug-likeness (QED) is 0.562. The number of rotatable bonds is 4. The normalized spacial score (nSPS) is 11.2. The van der Waals surface area contributed by atoms with Gasteiger partial charge < -0.3 is 4.74 Å². The van der Waals surface area contributed by atoms with Crippen LogP contribution in [0, 0.1) is 0 Å². The second-order valence-electron chi connectivity index (χ2n) is 4.98. The summed E-state index contributed by atoms with van der Waals surface area (Å²) in [6.45, 7) is 0.0324. The molecule has 0 spiro atoms. The first-order chi connectivity index (χ1) is 11.8. The number of benzene rings is 1. The van der Waals surface area contributed by atoms with Crippen LogP contribution in [-0.4, -0.2) is 36.5 Å². The second-order valence-corrected chi connectivity index (χ2v) is 5.84. The summed E-state index contributed by atoms with van der Waals surface area (Å²) >= 11 is 1.45. The van der Waals surface area contributed by atoms with E-state index < -0.39 is 0 Å². The average Bonchev–Trinajstić information content (AvgIpc) is 3.25. The van der Waals surface area contributed by atoms with Crippen LogP contribution in [0.5, 0.6) is 0 Å². The van der Waals surface area contributed by atoms with Crippen LogP contribution in [0.3, 0.4) is 0 Å². The summed E-state index contributed by atoms with van der Waals surface area (Å²) in [5.74, 6) is 0. The van der Waals surface area contributed by atoms with Gasteiger partial charge in [-0.25, -0.2) is 19.2 Å². The summed E-state index contributed by atoms with van der Waals surface area (Å²) in [5, 5.41) is 10.6. The number of hydrogen-bond acceptors (Lipinski definition) is 7. The number of aromatic nitrogens is 6. The minimum atomic E-state index is -0.361. The third-order valence-corrected chi connectivity index (χ3v) is 4.29. The molecule has 0 aliphatic rings. The van der Waals surface area contributed by atoms with E-state index in [2.05, 4.69) is 20.3 Å². The Labute approximate surface area is 140 Å². The predicted octanol–water partition coefficient (Wildman–Crippen LogP) is 1.68. The van der Waals surface area contributed by atoms with E-state index in [0.717, 1.165) is 15.9 Å². The lowest BCUT2D eigenvalue weighted by Crippen LogP contribution is -2.30. The molecule has 1 aromatic carbocycles. The number of thiazole rings is 1. The van der Waals surface area contributed by atoms with E-state index in [-0.39, 0.29) is 12.4 Å². The Bertz CT molecular complexity index is 1050. The van der Waals surface area contributed by atoms with Crippen molar-refractivity contribution in [1.82, 2.24) is 29.4 Å². The molecule has 24 heavy (non-hydrogen) atoms. The monoisotopic (exact) mass is 340 g/mol. The Morgan fingerprint density at radius 1 is 1.25 bits per heavy atom. The van der Waals surface area contributed by atoms with Crippen molar-refractivity contribution < 1.29 is 4.74 Å². The van der Waals surface area contributed by atoms with Crippen molar-refractivity contribution in [2.75, 3.05) is 7.11 Å². The SMILES string of the molecule is COCn1nnc2c(-c3nc(-c4ccccc4)cs3)ncn2c1=O. The molecule has 0 N–H and O–H groups in total. The zero-order chi connectivity index (χ0) is 16.5. The molecule has 0 saturated heterocycles. The Balaban J connectivity index is 1.79. The summed E-state index contributed by atoms with van der Waals surface area (Å²) in [5.41, 5.74) is 2.44. The van der Waals surface area contributed by atoms with Gasteiger partial charge in [0, 0.05) is 18.1 Å². The van der Waals surface area contributed by atoms with Gasteiger partial charge in [-0.15, -0.1) is 16.4 Å². The van der Waals surface area contributed by atoms with Crippen molar-refractivity contribution >= 4 is 17.0 Å². The maximum Gasteiger partial charge on any atom is 0.355 e. The largest absolute Gasteiger partial charge is 0.362 e. The second kappa shape index (κ2) is 5.95. The standard InChI is InChI=1S/C15H12N6O2S/c1-23-9-21-15(22)20-8-16-12(13(20)18-19-21)14-17-11(7-24-14)10-5-3-2-4-6-10/h2-8H,9H2,1H3. The fourth-order valence-corrected chi connectivity index (χ4v) is 3.13. The molecule has 4 aromatic rings. The Kier molecular flexibility index (Phi) is 3.63. The summed E-state index contributed by atoms with van der Waals surface area (Å²) in [6.07, 6.45) is 1.43. The highest BCUT2D eigenvalue weighted by atomic mass is 32.1. The summed E-state index contributed by atoms with van der Waals surface area (Å²) in [7, 11) is 1.48. The molecule has 0 aliphatic carbocycles. The van der Waals surface area contributed by atoms with E-state index in [4.69, 9.17) is 4.74 Å². The maximum atomic E-state index is 12.3. The van der Waals surface area contributed by atoms with Gasteiger partial charge >= 0.3 is 5.69 Å². The molecule has 0 aliphatic heterocycles. The van der Waals surface area contributed by atoms with E-state index in [1.54, 1.807) is 0 Å². The highest BCUT2D eigenvalue weighted by Crippen LogP contribution is 2.29. The van der Waals surface area contributed by atoms with Crippen LogP contribution in [0.2, 0.25) is 0 Å². The van der Waals surface area contributed by atoms with E-state index in [1.807, 2.05) is 35.7 Å². The van der Waals surface area contributed by atoms with Gasteiger partial charge in [0.2, 0.25) is 0 Å². The van der Waals surface area contributed by atoms with Gasteiger partial charge in [0.15, 0.2) is 5.65 Å². The molecule has 3 heterocycles. The predicted molar refractivity (Wildman–Crippen MR) is 88.6 cm³/mol.